The lowest BCUT2D eigenvalue weighted by Gasteiger charge is -2.37. The molecule has 0 saturated carbocycles. The number of nitrogens with zero attached hydrogens (tertiary/aromatic N) is 3. The monoisotopic (exact) mass is 785 g/mol. The molecule has 1 aliphatic heterocycles. The van der Waals surface area contributed by atoms with Crippen molar-refractivity contribution >= 4 is 52.7 Å². The third-order valence-corrected chi connectivity index (χ3v) is 11.2. The summed E-state index contributed by atoms with van der Waals surface area (Å²) >= 11 is 12.6. The first kappa shape index (κ1) is 40.0. The zero-order valence-corrected chi connectivity index (χ0v) is 33.0. The molecule has 12 heteroatoms. The molecule has 2 heterocycles. The van der Waals surface area contributed by atoms with Gasteiger partial charge in [-0.05, 0) is 49.4 Å². The summed E-state index contributed by atoms with van der Waals surface area (Å²) in [6.45, 7) is 4.50. The molecule has 0 bridgehead atoms. The minimum absolute atomic E-state index is 0.0450. The number of ether oxygens (including phenoxy) is 1. The Labute approximate surface area is 332 Å². The van der Waals surface area contributed by atoms with E-state index in [1.807, 2.05) is 55.5 Å². The number of rotatable bonds is 15. The van der Waals surface area contributed by atoms with Crippen LogP contribution in [0.5, 0.6) is 0 Å². The maximum Gasteiger partial charge on any atom is 0.410 e. The molecule has 3 aromatic carbocycles. The second-order valence-electron chi connectivity index (χ2n) is 14.5. The first-order valence-electron chi connectivity index (χ1n) is 19.5. The van der Waals surface area contributed by atoms with Crippen LogP contribution in [0.15, 0.2) is 72.9 Å². The van der Waals surface area contributed by atoms with Gasteiger partial charge < -0.3 is 20.3 Å². The van der Waals surface area contributed by atoms with E-state index < -0.39 is 24.0 Å². The molecule has 2 unspecified atom stereocenters. The SMILES string of the molecule is CCCCCCCCCCCC(=O)n1cc(NC(=O)c2c(Cl)cccc2Cl)c(C(=O)NC2CCN(C(=O)OC3c4ccccc4-c4ccccc43)C(C)C2)n1. The summed E-state index contributed by atoms with van der Waals surface area (Å²) < 4.78 is 7.28. The predicted molar refractivity (Wildman–Crippen MR) is 216 cm³/mol. The highest BCUT2D eigenvalue weighted by Gasteiger charge is 2.36. The van der Waals surface area contributed by atoms with E-state index in [-0.39, 0.29) is 51.4 Å². The third-order valence-electron chi connectivity index (χ3n) is 10.6. The number of carbonyl (C=O) groups is 4. The van der Waals surface area contributed by atoms with Gasteiger partial charge in [-0.25, -0.2) is 9.48 Å². The standard InChI is InChI=1S/C43H49Cl2N5O5/c1-3-4-5-6-7-8-9-10-11-23-37(51)50-27-36(47-41(52)38-34(44)21-16-22-35(38)45)39(48-50)42(53)46-29-24-25-49(28(2)26-29)43(54)55-40-32-19-14-12-17-30(32)31-18-13-15-20-33(31)40/h12-22,27-29,40H,3-11,23-26H2,1-2H3,(H,46,53)(H,47,52). The topological polar surface area (TPSA) is 123 Å². The normalized spacial score (nSPS) is 16.3. The zero-order valence-electron chi connectivity index (χ0n) is 31.5. The largest absolute Gasteiger partial charge is 0.436 e. The Hall–Kier alpha value is -4.67. The average Bonchev–Trinajstić information content (AvgIpc) is 3.73. The van der Waals surface area contributed by atoms with Crippen molar-refractivity contribution in [2.24, 2.45) is 0 Å². The summed E-state index contributed by atoms with van der Waals surface area (Å²) in [6.07, 6.45) is 11.7. The number of halogens is 2. The fourth-order valence-electron chi connectivity index (χ4n) is 7.59. The summed E-state index contributed by atoms with van der Waals surface area (Å²) in [5.74, 6) is -1.47. The van der Waals surface area contributed by atoms with Crippen molar-refractivity contribution in [3.05, 3.63) is 105 Å². The van der Waals surface area contributed by atoms with Gasteiger partial charge in [0.1, 0.15) is 0 Å². The second-order valence-corrected chi connectivity index (χ2v) is 15.3. The van der Waals surface area contributed by atoms with E-state index in [0.29, 0.717) is 25.8 Å². The Morgan fingerprint density at radius 2 is 1.40 bits per heavy atom. The highest BCUT2D eigenvalue weighted by atomic mass is 35.5. The number of likely N-dealkylation sites (tertiary alicyclic amines) is 1. The molecule has 2 atom stereocenters. The van der Waals surface area contributed by atoms with Crippen LogP contribution in [-0.4, -0.2) is 57.1 Å². The van der Waals surface area contributed by atoms with E-state index in [1.165, 1.54) is 38.3 Å². The smallest absolute Gasteiger partial charge is 0.410 e. The van der Waals surface area contributed by atoms with Crippen molar-refractivity contribution in [3.63, 3.8) is 0 Å². The molecule has 0 spiro atoms. The van der Waals surface area contributed by atoms with E-state index in [4.69, 9.17) is 27.9 Å². The first-order valence-corrected chi connectivity index (χ1v) is 20.3. The molecule has 2 aliphatic rings. The van der Waals surface area contributed by atoms with Crippen LogP contribution in [0.2, 0.25) is 10.0 Å². The predicted octanol–water partition coefficient (Wildman–Crippen LogP) is 10.5. The van der Waals surface area contributed by atoms with Crippen LogP contribution in [0.25, 0.3) is 11.1 Å². The van der Waals surface area contributed by atoms with Crippen LogP contribution in [-0.2, 0) is 4.74 Å². The number of unbranched alkanes of at least 4 members (excludes halogenated alkanes) is 8. The Balaban J connectivity index is 1.09. The fourth-order valence-corrected chi connectivity index (χ4v) is 8.16. The molecule has 4 aromatic rings. The van der Waals surface area contributed by atoms with Gasteiger partial charge in [-0.2, -0.15) is 5.10 Å². The third kappa shape index (κ3) is 9.59. The van der Waals surface area contributed by atoms with Crippen LogP contribution in [0.1, 0.15) is 134 Å². The number of amides is 3. The molecule has 1 aliphatic carbocycles. The quantitative estimate of drug-likeness (QED) is 0.116. The number of benzene rings is 3. The van der Waals surface area contributed by atoms with Crippen LogP contribution in [0.4, 0.5) is 10.5 Å². The number of piperidine rings is 1. The fraction of sp³-hybridized carbons (Fsp3) is 0.419. The number of hydrogen-bond acceptors (Lipinski definition) is 6. The molecule has 1 saturated heterocycles. The zero-order chi connectivity index (χ0) is 38.9. The van der Waals surface area contributed by atoms with E-state index in [2.05, 4.69) is 22.7 Å². The number of carbonyl (C=O) groups excluding carboxylic acids is 4. The molecule has 290 valence electrons. The number of hydrogen-bond donors (Lipinski definition) is 2. The minimum Gasteiger partial charge on any atom is -0.436 e. The van der Waals surface area contributed by atoms with Crippen molar-refractivity contribution in [2.75, 3.05) is 11.9 Å². The Morgan fingerprint density at radius 1 is 0.800 bits per heavy atom. The van der Waals surface area contributed by atoms with Crippen LogP contribution in [0.3, 0.4) is 0 Å². The number of anilines is 1. The van der Waals surface area contributed by atoms with Crippen LogP contribution in [0, 0.1) is 0 Å². The number of fused-ring (bicyclic) bond motifs is 3. The van der Waals surface area contributed by atoms with Gasteiger partial charge in [0.15, 0.2) is 11.8 Å². The Kier molecular flexibility index (Phi) is 13.7. The molecule has 1 fully saturated rings. The van der Waals surface area contributed by atoms with E-state index in [0.717, 1.165) is 46.2 Å². The van der Waals surface area contributed by atoms with Gasteiger partial charge in [-0.1, -0.05) is 136 Å². The maximum absolute atomic E-state index is 13.8. The molecule has 0 radical (unpaired) electrons. The summed E-state index contributed by atoms with van der Waals surface area (Å²) in [5.41, 5.74) is 4.03. The van der Waals surface area contributed by atoms with E-state index >= 15 is 0 Å². The molecular formula is C43H49Cl2N5O5. The van der Waals surface area contributed by atoms with Gasteiger partial charge in [0.05, 0.1) is 27.5 Å². The lowest BCUT2D eigenvalue weighted by atomic mass is 9.98. The lowest BCUT2D eigenvalue weighted by molar-refractivity contribution is 0.0520. The molecule has 1 aromatic heterocycles. The summed E-state index contributed by atoms with van der Waals surface area (Å²) in [7, 11) is 0. The Morgan fingerprint density at radius 3 is 2.02 bits per heavy atom. The van der Waals surface area contributed by atoms with Crippen LogP contribution >= 0.6 is 23.2 Å². The summed E-state index contributed by atoms with van der Waals surface area (Å²) in [6, 6.07) is 20.1. The van der Waals surface area contributed by atoms with Gasteiger partial charge in [-0.15, -0.1) is 0 Å². The first-order chi connectivity index (χ1) is 26.7. The second kappa shape index (κ2) is 18.8. The lowest BCUT2D eigenvalue weighted by Crippen LogP contribution is -2.51. The molecule has 6 rings (SSSR count). The number of nitrogens with one attached hydrogen (secondary N) is 2. The van der Waals surface area contributed by atoms with Crippen molar-refractivity contribution in [3.8, 4) is 11.1 Å². The highest BCUT2D eigenvalue weighted by molar-refractivity contribution is 6.40. The van der Waals surface area contributed by atoms with Crippen LogP contribution < -0.4 is 10.6 Å². The molecule has 3 amide bonds. The number of aromatic nitrogens is 2. The summed E-state index contributed by atoms with van der Waals surface area (Å²) in [4.78, 5) is 55.8. The summed E-state index contributed by atoms with van der Waals surface area (Å²) in [5, 5.41) is 10.4. The van der Waals surface area contributed by atoms with Crippen molar-refractivity contribution in [1.82, 2.24) is 20.0 Å². The van der Waals surface area contributed by atoms with Gasteiger partial charge in [0.2, 0.25) is 5.91 Å². The van der Waals surface area contributed by atoms with Crippen molar-refractivity contribution in [2.45, 2.75) is 109 Å². The van der Waals surface area contributed by atoms with E-state index in [1.54, 1.807) is 23.1 Å². The van der Waals surface area contributed by atoms with E-state index in [9.17, 15) is 19.2 Å². The molecular weight excluding hydrogens is 737 g/mol. The van der Waals surface area contributed by atoms with Gasteiger partial charge in [0, 0.05) is 36.2 Å². The van der Waals surface area contributed by atoms with Crippen molar-refractivity contribution in [1.29, 1.82) is 0 Å². The molecule has 10 nitrogen and oxygen atoms in total. The molecule has 2 N–H and O–H groups in total. The average molecular weight is 787 g/mol. The van der Waals surface area contributed by atoms with Gasteiger partial charge in [0.25, 0.3) is 11.8 Å². The van der Waals surface area contributed by atoms with Gasteiger partial charge in [-0.3, -0.25) is 14.4 Å². The highest BCUT2D eigenvalue weighted by Crippen LogP contribution is 2.45. The Bertz CT molecular complexity index is 1950. The minimum atomic E-state index is -0.636. The van der Waals surface area contributed by atoms with Gasteiger partial charge >= 0.3 is 6.09 Å². The molecule has 55 heavy (non-hydrogen) atoms. The van der Waals surface area contributed by atoms with Crippen molar-refractivity contribution < 1.29 is 23.9 Å². The maximum atomic E-state index is 13.8.